The highest BCUT2D eigenvalue weighted by Crippen LogP contribution is 2.57. The predicted octanol–water partition coefficient (Wildman–Crippen LogP) is 4.30. The smallest absolute Gasteiger partial charge is 0.292 e. The summed E-state index contributed by atoms with van der Waals surface area (Å²) in [6.45, 7) is 4.88. The Morgan fingerprint density at radius 3 is 2.38 bits per heavy atom. The lowest BCUT2D eigenvalue weighted by atomic mass is 10.1. The minimum atomic E-state index is -4.33. The number of rotatable bonds is 2. The lowest BCUT2D eigenvalue weighted by Crippen LogP contribution is -2.36. The van der Waals surface area contributed by atoms with Crippen molar-refractivity contribution in [2.45, 2.75) is 26.4 Å². The summed E-state index contributed by atoms with van der Waals surface area (Å²) in [7, 11) is 1.85. The van der Waals surface area contributed by atoms with Crippen LogP contribution in [0.4, 0.5) is 18.9 Å². The lowest BCUT2D eigenvalue weighted by Gasteiger charge is -2.33. The number of hydrogen-bond acceptors (Lipinski definition) is 2. The number of nitrogens with zero attached hydrogens (tertiary/aromatic N) is 2. The van der Waals surface area contributed by atoms with Crippen LogP contribution < -0.4 is 5.01 Å². The Bertz CT molecular complexity index is 589. The van der Waals surface area contributed by atoms with Gasteiger partial charge in [-0.1, -0.05) is 26.0 Å². The molecule has 3 rings (SSSR count). The number of alkyl halides is 3. The first-order valence-corrected chi connectivity index (χ1v) is 7.09. The van der Waals surface area contributed by atoms with Crippen molar-refractivity contribution in [2.24, 2.45) is 11.3 Å². The van der Waals surface area contributed by atoms with E-state index in [-0.39, 0.29) is 11.1 Å². The third-order valence-electron chi connectivity index (χ3n) is 4.57. The molecule has 1 aliphatic heterocycles. The maximum absolute atomic E-state index is 13.2. The van der Waals surface area contributed by atoms with Crippen molar-refractivity contribution in [1.82, 2.24) is 5.01 Å². The monoisotopic (exact) mass is 296 g/mol. The molecular formula is C16H19F3N2. The molecule has 1 unspecified atom stereocenters. The highest BCUT2D eigenvalue weighted by Gasteiger charge is 2.50. The Morgan fingerprint density at radius 2 is 1.81 bits per heavy atom. The molecule has 0 bridgehead atoms. The number of halogens is 3. The quantitative estimate of drug-likeness (QED) is 0.802. The van der Waals surface area contributed by atoms with Crippen LogP contribution in [-0.2, 0) is 6.18 Å². The average Bonchev–Trinajstić information content (AvgIpc) is 2.85. The van der Waals surface area contributed by atoms with Crippen LogP contribution in [0.15, 0.2) is 36.0 Å². The van der Waals surface area contributed by atoms with Gasteiger partial charge in [0.1, 0.15) is 0 Å². The van der Waals surface area contributed by atoms with Crippen LogP contribution in [0.2, 0.25) is 0 Å². The molecule has 0 radical (unpaired) electrons. The van der Waals surface area contributed by atoms with E-state index in [2.05, 4.69) is 13.8 Å². The molecule has 1 aliphatic carbocycles. The van der Waals surface area contributed by atoms with Crippen molar-refractivity contribution in [3.8, 4) is 0 Å². The number of allylic oxidation sites excluding steroid dienone is 1. The summed E-state index contributed by atoms with van der Waals surface area (Å²) < 4.78 is 39.5. The van der Waals surface area contributed by atoms with Crippen molar-refractivity contribution in [3.05, 3.63) is 41.6 Å². The predicted molar refractivity (Wildman–Crippen MR) is 76.5 cm³/mol. The first kappa shape index (κ1) is 14.3. The number of hydrogen-bond donors (Lipinski definition) is 0. The van der Waals surface area contributed by atoms with Crippen LogP contribution in [-0.4, -0.2) is 18.6 Å². The number of benzene rings is 1. The van der Waals surface area contributed by atoms with E-state index < -0.39 is 11.7 Å². The molecule has 2 nitrogen and oxygen atoms in total. The van der Waals surface area contributed by atoms with Gasteiger partial charge in [-0.15, -0.1) is 0 Å². The average molecular weight is 296 g/mol. The van der Waals surface area contributed by atoms with Crippen LogP contribution in [0, 0.1) is 11.3 Å². The summed E-state index contributed by atoms with van der Waals surface area (Å²) in [5.74, 6) is 0.450. The van der Waals surface area contributed by atoms with E-state index in [1.165, 1.54) is 12.1 Å². The second-order valence-corrected chi connectivity index (χ2v) is 6.49. The molecule has 1 saturated carbocycles. The zero-order valence-corrected chi connectivity index (χ0v) is 12.4. The summed E-state index contributed by atoms with van der Waals surface area (Å²) in [5.41, 5.74) is 1.04. The topological polar surface area (TPSA) is 6.48 Å². The second-order valence-electron chi connectivity index (χ2n) is 6.49. The van der Waals surface area contributed by atoms with E-state index in [4.69, 9.17) is 0 Å². The second kappa shape index (κ2) is 4.42. The van der Waals surface area contributed by atoms with Gasteiger partial charge in [-0.25, -0.2) is 0 Å². The van der Waals surface area contributed by atoms with E-state index in [1.54, 1.807) is 11.1 Å². The van der Waals surface area contributed by atoms with Gasteiger partial charge in [0.05, 0.1) is 17.8 Å². The van der Waals surface area contributed by atoms with Gasteiger partial charge in [0, 0.05) is 18.7 Å². The molecular weight excluding hydrogens is 277 g/mol. The molecule has 21 heavy (non-hydrogen) atoms. The molecule has 2 aliphatic rings. The Kier molecular flexibility index (Phi) is 3.01. The Morgan fingerprint density at radius 1 is 1.19 bits per heavy atom. The zero-order chi connectivity index (χ0) is 15.4. The van der Waals surface area contributed by atoms with E-state index in [1.807, 2.05) is 18.1 Å². The maximum atomic E-state index is 13.2. The van der Waals surface area contributed by atoms with Gasteiger partial charge in [-0.05, 0) is 30.0 Å². The van der Waals surface area contributed by atoms with Gasteiger partial charge >= 0.3 is 6.18 Å². The first-order valence-electron chi connectivity index (χ1n) is 7.09. The van der Waals surface area contributed by atoms with Gasteiger partial charge < -0.3 is 0 Å². The standard InChI is InChI=1S/C16H19F3N2/c1-15(2)10-12(15)13-8-9-21(20(13)3)14-7-5-4-6-11(14)16(17,18)19/h4-8,12H,9-10H2,1-3H3. The molecule has 0 saturated heterocycles. The maximum Gasteiger partial charge on any atom is 0.418 e. The highest BCUT2D eigenvalue weighted by molar-refractivity contribution is 5.56. The van der Waals surface area contributed by atoms with E-state index >= 15 is 0 Å². The Hall–Kier alpha value is -1.65. The van der Waals surface area contributed by atoms with Crippen molar-refractivity contribution in [3.63, 3.8) is 0 Å². The molecule has 1 aromatic rings. The molecule has 5 heteroatoms. The largest absolute Gasteiger partial charge is 0.418 e. The molecule has 1 heterocycles. The third kappa shape index (κ3) is 2.39. The van der Waals surface area contributed by atoms with E-state index in [0.29, 0.717) is 12.5 Å². The van der Waals surface area contributed by atoms with Gasteiger partial charge in [0.2, 0.25) is 0 Å². The number of para-hydroxylation sites is 1. The fourth-order valence-corrected chi connectivity index (χ4v) is 3.11. The van der Waals surface area contributed by atoms with Gasteiger partial charge in [-0.3, -0.25) is 10.0 Å². The SMILES string of the molecule is CN1C(C2CC2(C)C)=CCN1c1ccccc1C(F)(F)F. The molecule has 1 aromatic carbocycles. The normalized spacial score (nSPS) is 24.3. The lowest BCUT2D eigenvalue weighted by molar-refractivity contribution is -0.137. The fraction of sp³-hybridized carbons (Fsp3) is 0.500. The number of anilines is 1. The number of hydrazine groups is 1. The molecule has 114 valence electrons. The summed E-state index contributed by atoms with van der Waals surface area (Å²) in [6, 6.07) is 5.76. The van der Waals surface area contributed by atoms with Gasteiger partial charge in [0.25, 0.3) is 0 Å². The van der Waals surface area contributed by atoms with Crippen molar-refractivity contribution >= 4 is 5.69 Å². The molecule has 1 atom stereocenters. The highest BCUT2D eigenvalue weighted by atomic mass is 19.4. The molecule has 0 aromatic heterocycles. The molecule has 0 N–H and O–H groups in total. The molecule has 1 fully saturated rings. The first-order chi connectivity index (χ1) is 9.72. The molecule has 0 spiro atoms. The van der Waals surface area contributed by atoms with Crippen LogP contribution in [0.1, 0.15) is 25.8 Å². The minimum Gasteiger partial charge on any atom is -0.292 e. The van der Waals surface area contributed by atoms with Crippen LogP contribution >= 0.6 is 0 Å². The van der Waals surface area contributed by atoms with Crippen molar-refractivity contribution in [1.29, 1.82) is 0 Å². The summed E-state index contributed by atoms with van der Waals surface area (Å²) in [5, 5.41) is 3.58. The fourth-order valence-electron chi connectivity index (χ4n) is 3.11. The van der Waals surface area contributed by atoms with E-state index in [0.717, 1.165) is 18.2 Å². The molecule has 0 amide bonds. The van der Waals surface area contributed by atoms with Gasteiger partial charge in [0.15, 0.2) is 0 Å². The summed E-state index contributed by atoms with van der Waals surface area (Å²) in [4.78, 5) is 0. The minimum absolute atomic E-state index is 0.220. The summed E-state index contributed by atoms with van der Waals surface area (Å²) in [6.07, 6.45) is -1.19. The van der Waals surface area contributed by atoms with Crippen LogP contribution in [0.3, 0.4) is 0 Å². The van der Waals surface area contributed by atoms with Crippen molar-refractivity contribution in [2.75, 3.05) is 18.6 Å². The Labute approximate surface area is 122 Å². The van der Waals surface area contributed by atoms with E-state index in [9.17, 15) is 13.2 Å². The van der Waals surface area contributed by atoms with Crippen LogP contribution in [0.25, 0.3) is 0 Å². The Balaban J connectivity index is 1.88. The summed E-state index contributed by atoms with van der Waals surface area (Å²) >= 11 is 0. The van der Waals surface area contributed by atoms with Crippen LogP contribution in [0.5, 0.6) is 0 Å². The zero-order valence-electron chi connectivity index (χ0n) is 12.4. The van der Waals surface area contributed by atoms with Crippen molar-refractivity contribution < 1.29 is 13.2 Å². The third-order valence-corrected chi connectivity index (χ3v) is 4.57. The van der Waals surface area contributed by atoms with Gasteiger partial charge in [-0.2, -0.15) is 13.2 Å².